The molecule has 20 heavy (non-hydrogen) atoms. The lowest BCUT2D eigenvalue weighted by Gasteiger charge is -2.16. The largest absolute Gasteiger partial charge is 0.493 e. The number of hydrogen-bond donors (Lipinski definition) is 2. The van der Waals surface area contributed by atoms with Crippen molar-refractivity contribution in [2.24, 2.45) is 0 Å². The molecule has 0 fully saturated rings. The molecular formula is C14H20FNO4. The van der Waals surface area contributed by atoms with Gasteiger partial charge in [0.05, 0.1) is 25.7 Å². The van der Waals surface area contributed by atoms with E-state index < -0.39 is 0 Å². The predicted molar refractivity (Wildman–Crippen MR) is 72.0 cm³/mol. The van der Waals surface area contributed by atoms with E-state index in [2.05, 4.69) is 5.32 Å². The summed E-state index contributed by atoms with van der Waals surface area (Å²) in [5.74, 6) is 0.00659. The van der Waals surface area contributed by atoms with E-state index in [0.29, 0.717) is 18.8 Å². The van der Waals surface area contributed by atoms with Crippen LogP contribution in [-0.2, 0) is 9.53 Å². The number of carbonyl (C=O) groups excluding carboxylic acids is 1. The zero-order valence-corrected chi connectivity index (χ0v) is 11.5. The summed E-state index contributed by atoms with van der Waals surface area (Å²) in [6.07, 6.45) is 0.626. The maximum Gasteiger partial charge on any atom is 0.223 e. The number of nitrogens with one attached hydrogen (secondary N) is 1. The fraction of sp³-hybridized carbons (Fsp3) is 0.500. The highest BCUT2D eigenvalue weighted by molar-refractivity contribution is 5.76. The fourth-order valence-corrected chi connectivity index (χ4v) is 1.65. The van der Waals surface area contributed by atoms with E-state index in [0.717, 1.165) is 0 Å². The molecule has 0 radical (unpaired) electrons. The van der Waals surface area contributed by atoms with Gasteiger partial charge in [-0.25, -0.2) is 4.39 Å². The predicted octanol–water partition coefficient (Wildman–Crippen LogP) is 1.11. The first-order valence-electron chi connectivity index (χ1n) is 6.43. The number of benzene rings is 1. The summed E-state index contributed by atoms with van der Waals surface area (Å²) in [5.41, 5.74) is 0. The van der Waals surface area contributed by atoms with E-state index in [-0.39, 0.29) is 37.4 Å². The first-order valence-corrected chi connectivity index (χ1v) is 6.43. The minimum atomic E-state index is -0.332. The molecule has 0 aliphatic carbocycles. The molecule has 5 nitrogen and oxygen atoms in total. The maximum atomic E-state index is 12.7. The van der Waals surface area contributed by atoms with E-state index >= 15 is 0 Å². The number of halogens is 1. The van der Waals surface area contributed by atoms with Gasteiger partial charge in [-0.2, -0.15) is 0 Å². The second-order valence-corrected chi connectivity index (χ2v) is 4.28. The van der Waals surface area contributed by atoms with Crippen molar-refractivity contribution in [1.82, 2.24) is 5.32 Å². The van der Waals surface area contributed by atoms with Gasteiger partial charge < -0.3 is 19.9 Å². The summed E-state index contributed by atoms with van der Waals surface area (Å²) < 4.78 is 22.9. The highest BCUT2D eigenvalue weighted by Gasteiger charge is 2.11. The molecule has 0 bridgehead atoms. The van der Waals surface area contributed by atoms with Crippen LogP contribution in [0.5, 0.6) is 5.75 Å². The molecule has 6 heteroatoms. The molecule has 0 saturated carbocycles. The van der Waals surface area contributed by atoms with Crippen LogP contribution in [-0.4, -0.2) is 44.0 Å². The van der Waals surface area contributed by atoms with Crippen LogP contribution in [0.4, 0.5) is 4.39 Å². The van der Waals surface area contributed by atoms with Crippen molar-refractivity contribution in [2.75, 3.05) is 26.9 Å². The lowest BCUT2D eigenvalue weighted by atomic mass is 10.2. The quantitative estimate of drug-likeness (QED) is 0.713. The number of rotatable bonds is 9. The third kappa shape index (κ3) is 6.49. The summed E-state index contributed by atoms with van der Waals surface area (Å²) in [7, 11) is 1.54. The van der Waals surface area contributed by atoms with Gasteiger partial charge in [0, 0.05) is 13.7 Å². The topological polar surface area (TPSA) is 67.8 Å². The fourth-order valence-electron chi connectivity index (χ4n) is 1.65. The SMILES string of the molecule is COCC(CCO)NC(=O)CCOc1ccc(F)cc1. The average Bonchev–Trinajstić information content (AvgIpc) is 2.41. The van der Waals surface area contributed by atoms with Gasteiger partial charge in [0.2, 0.25) is 5.91 Å². The van der Waals surface area contributed by atoms with Crippen molar-refractivity contribution in [1.29, 1.82) is 0 Å². The number of hydrogen-bond acceptors (Lipinski definition) is 4. The normalized spacial score (nSPS) is 11.9. The molecular weight excluding hydrogens is 265 g/mol. The van der Waals surface area contributed by atoms with E-state index in [1.807, 2.05) is 0 Å². The second kappa shape index (κ2) is 9.28. The standard InChI is InChI=1S/C14H20FNO4/c1-19-10-12(6-8-17)16-14(18)7-9-20-13-4-2-11(15)3-5-13/h2-5,12,17H,6-10H2,1H3,(H,16,18). The van der Waals surface area contributed by atoms with Crippen molar-refractivity contribution in [3.05, 3.63) is 30.1 Å². The Labute approximate surface area is 117 Å². The molecule has 0 spiro atoms. The Morgan fingerprint density at radius 2 is 2.10 bits per heavy atom. The summed E-state index contributed by atoms with van der Waals surface area (Å²) in [6.45, 7) is 0.543. The van der Waals surface area contributed by atoms with Crippen molar-refractivity contribution >= 4 is 5.91 Å². The van der Waals surface area contributed by atoms with Gasteiger partial charge in [0.1, 0.15) is 11.6 Å². The second-order valence-electron chi connectivity index (χ2n) is 4.28. The third-order valence-corrected chi connectivity index (χ3v) is 2.62. The molecule has 0 aliphatic heterocycles. The Hall–Kier alpha value is -1.66. The first kappa shape index (κ1) is 16.4. The number of ether oxygens (including phenoxy) is 2. The molecule has 1 unspecified atom stereocenters. The molecule has 1 atom stereocenters. The number of aliphatic hydroxyl groups is 1. The van der Waals surface area contributed by atoms with Gasteiger partial charge in [-0.3, -0.25) is 4.79 Å². The Bertz CT molecular complexity index is 391. The van der Waals surface area contributed by atoms with Gasteiger partial charge in [0.25, 0.3) is 0 Å². The summed E-state index contributed by atoms with van der Waals surface area (Å²) in [6, 6.07) is 5.40. The molecule has 0 saturated heterocycles. The zero-order valence-electron chi connectivity index (χ0n) is 11.5. The number of amides is 1. The zero-order chi connectivity index (χ0) is 14.8. The van der Waals surface area contributed by atoms with E-state index in [9.17, 15) is 9.18 Å². The monoisotopic (exact) mass is 285 g/mol. The molecule has 2 N–H and O–H groups in total. The van der Waals surface area contributed by atoms with E-state index in [1.165, 1.54) is 31.4 Å². The van der Waals surface area contributed by atoms with Gasteiger partial charge in [0.15, 0.2) is 0 Å². The van der Waals surface area contributed by atoms with Crippen molar-refractivity contribution in [2.45, 2.75) is 18.9 Å². The van der Waals surface area contributed by atoms with Crippen molar-refractivity contribution < 1.29 is 23.8 Å². The van der Waals surface area contributed by atoms with Crippen LogP contribution in [0.15, 0.2) is 24.3 Å². The summed E-state index contributed by atoms with van der Waals surface area (Å²) in [4.78, 5) is 11.7. The Balaban J connectivity index is 2.26. The van der Waals surface area contributed by atoms with Gasteiger partial charge in [-0.05, 0) is 30.7 Å². The molecule has 1 rings (SSSR count). The average molecular weight is 285 g/mol. The third-order valence-electron chi connectivity index (χ3n) is 2.62. The molecule has 0 heterocycles. The Kier molecular flexibility index (Phi) is 7.60. The smallest absolute Gasteiger partial charge is 0.223 e. The van der Waals surface area contributed by atoms with Gasteiger partial charge in [-0.15, -0.1) is 0 Å². The van der Waals surface area contributed by atoms with Crippen LogP contribution in [0.2, 0.25) is 0 Å². The lowest BCUT2D eigenvalue weighted by molar-refractivity contribution is -0.122. The number of aliphatic hydroxyl groups excluding tert-OH is 1. The molecule has 112 valence electrons. The van der Waals surface area contributed by atoms with Crippen LogP contribution in [0.1, 0.15) is 12.8 Å². The van der Waals surface area contributed by atoms with Crippen LogP contribution in [0.25, 0.3) is 0 Å². The van der Waals surface area contributed by atoms with Gasteiger partial charge >= 0.3 is 0 Å². The van der Waals surface area contributed by atoms with Crippen molar-refractivity contribution in [3.63, 3.8) is 0 Å². The summed E-state index contributed by atoms with van der Waals surface area (Å²) >= 11 is 0. The van der Waals surface area contributed by atoms with Crippen molar-refractivity contribution in [3.8, 4) is 5.75 Å². The van der Waals surface area contributed by atoms with E-state index in [4.69, 9.17) is 14.6 Å². The van der Waals surface area contributed by atoms with Crippen LogP contribution >= 0.6 is 0 Å². The number of methoxy groups -OCH3 is 1. The highest BCUT2D eigenvalue weighted by atomic mass is 19.1. The Morgan fingerprint density at radius 1 is 1.40 bits per heavy atom. The van der Waals surface area contributed by atoms with Crippen LogP contribution < -0.4 is 10.1 Å². The molecule has 1 aromatic carbocycles. The highest BCUT2D eigenvalue weighted by Crippen LogP contribution is 2.11. The Morgan fingerprint density at radius 3 is 2.70 bits per heavy atom. The first-order chi connectivity index (χ1) is 9.65. The molecule has 1 aromatic rings. The maximum absolute atomic E-state index is 12.7. The van der Waals surface area contributed by atoms with Crippen LogP contribution in [0, 0.1) is 5.82 Å². The van der Waals surface area contributed by atoms with Gasteiger partial charge in [-0.1, -0.05) is 0 Å². The lowest BCUT2D eigenvalue weighted by Crippen LogP contribution is -2.39. The summed E-state index contributed by atoms with van der Waals surface area (Å²) in [5, 5.41) is 11.6. The molecule has 0 aromatic heterocycles. The van der Waals surface area contributed by atoms with Crippen LogP contribution in [0.3, 0.4) is 0 Å². The number of carbonyl (C=O) groups is 1. The van der Waals surface area contributed by atoms with E-state index in [1.54, 1.807) is 0 Å². The minimum Gasteiger partial charge on any atom is -0.493 e. The molecule has 1 amide bonds. The molecule has 0 aliphatic rings. The minimum absolute atomic E-state index is 0.0135.